The number of ether oxygens (including phenoxy) is 2. The number of para-hydroxylation sites is 1. The van der Waals surface area contributed by atoms with Crippen LogP contribution in [-0.4, -0.2) is 23.3 Å². The van der Waals surface area contributed by atoms with Crippen LogP contribution in [0.4, 0.5) is 5.69 Å². The van der Waals surface area contributed by atoms with Gasteiger partial charge in [0.2, 0.25) is 0 Å². The van der Waals surface area contributed by atoms with E-state index in [1.54, 1.807) is 30.3 Å². The zero-order chi connectivity index (χ0) is 23.4. The molecule has 1 aliphatic heterocycles. The van der Waals surface area contributed by atoms with E-state index in [4.69, 9.17) is 33.3 Å². The highest BCUT2D eigenvalue weighted by molar-refractivity contribution is 8.27. The highest BCUT2D eigenvalue weighted by Gasteiger charge is 2.35. The summed E-state index contributed by atoms with van der Waals surface area (Å²) in [6.45, 7) is 0.358. The molecule has 0 aliphatic carbocycles. The molecule has 1 fully saturated rings. The molecule has 1 amide bonds. The van der Waals surface area contributed by atoms with Crippen LogP contribution < -0.4 is 9.64 Å². The van der Waals surface area contributed by atoms with E-state index in [0.29, 0.717) is 32.3 Å². The molecule has 3 aromatic carbocycles. The van der Waals surface area contributed by atoms with Crippen LogP contribution in [-0.2, 0) is 16.1 Å². The third kappa shape index (κ3) is 5.11. The van der Waals surface area contributed by atoms with Gasteiger partial charge in [0.25, 0.3) is 5.91 Å². The Labute approximate surface area is 205 Å². The van der Waals surface area contributed by atoms with Crippen molar-refractivity contribution in [1.82, 2.24) is 0 Å². The van der Waals surface area contributed by atoms with Crippen molar-refractivity contribution in [3.63, 3.8) is 0 Å². The second kappa shape index (κ2) is 10.2. The molecule has 0 aromatic heterocycles. The van der Waals surface area contributed by atoms with Crippen molar-refractivity contribution in [2.75, 3.05) is 12.0 Å². The van der Waals surface area contributed by atoms with Crippen LogP contribution >= 0.6 is 35.6 Å². The number of hydrogen-bond acceptors (Lipinski definition) is 6. The van der Waals surface area contributed by atoms with Crippen LogP contribution in [0.5, 0.6) is 5.75 Å². The lowest BCUT2D eigenvalue weighted by Gasteiger charge is -2.17. The second-order valence-corrected chi connectivity index (χ2v) is 9.06. The second-order valence-electron chi connectivity index (χ2n) is 6.97. The lowest BCUT2D eigenvalue weighted by atomic mass is 10.1. The van der Waals surface area contributed by atoms with Crippen molar-refractivity contribution < 1.29 is 19.1 Å². The normalized spacial score (nSPS) is 14.6. The molecule has 0 N–H and O–H groups in total. The van der Waals surface area contributed by atoms with Crippen molar-refractivity contribution in [3.8, 4) is 5.75 Å². The predicted octanol–water partition coefficient (Wildman–Crippen LogP) is 6.11. The number of hydrogen-bond donors (Lipinski definition) is 0. The van der Waals surface area contributed by atoms with Gasteiger partial charge in [0.15, 0.2) is 4.32 Å². The summed E-state index contributed by atoms with van der Waals surface area (Å²) in [5.74, 6) is -0.136. The van der Waals surface area contributed by atoms with E-state index < -0.39 is 5.97 Å². The predicted molar refractivity (Wildman–Crippen MR) is 136 cm³/mol. The average molecular weight is 496 g/mol. The highest BCUT2D eigenvalue weighted by atomic mass is 35.5. The molecule has 4 rings (SSSR count). The molecule has 166 valence electrons. The Balaban J connectivity index is 1.50. The first-order valence-corrected chi connectivity index (χ1v) is 11.5. The number of esters is 1. The number of methoxy groups -OCH3 is 1. The van der Waals surface area contributed by atoms with Crippen molar-refractivity contribution in [3.05, 3.63) is 99.4 Å². The van der Waals surface area contributed by atoms with E-state index in [2.05, 4.69) is 0 Å². The van der Waals surface area contributed by atoms with Gasteiger partial charge in [0, 0.05) is 10.6 Å². The van der Waals surface area contributed by atoms with Crippen LogP contribution in [0.25, 0.3) is 6.08 Å². The van der Waals surface area contributed by atoms with E-state index >= 15 is 0 Å². The third-order valence-corrected chi connectivity index (χ3v) is 6.54. The zero-order valence-electron chi connectivity index (χ0n) is 17.5. The molecular weight excluding hydrogens is 478 g/mol. The summed E-state index contributed by atoms with van der Waals surface area (Å²) in [5.41, 5.74) is 2.40. The molecule has 5 nitrogen and oxygen atoms in total. The number of thiocarbonyl (C=S) groups is 1. The zero-order valence-corrected chi connectivity index (χ0v) is 19.9. The smallest absolute Gasteiger partial charge is 0.339 e. The lowest BCUT2D eigenvalue weighted by Crippen LogP contribution is -2.29. The van der Waals surface area contributed by atoms with Gasteiger partial charge in [0.05, 0.1) is 23.3 Å². The summed E-state index contributed by atoms with van der Waals surface area (Å²) >= 11 is 12.8. The molecule has 0 spiro atoms. The van der Waals surface area contributed by atoms with E-state index in [-0.39, 0.29) is 11.5 Å². The number of amides is 1. The molecule has 0 unspecified atom stereocenters. The molecule has 0 saturated carbocycles. The van der Waals surface area contributed by atoms with Gasteiger partial charge in [-0.1, -0.05) is 78.0 Å². The molecule has 1 saturated heterocycles. The van der Waals surface area contributed by atoms with E-state index in [1.807, 2.05) is 48.5 Å². The fourth-order valence-electron chi connectivity index (χ4n) is 3.21. The molecule has 8 heteroatoms. The Morgan fingerprint density at radius 1 is 1.06 bits per heavy atom. The maximum absolute atomic E-state index is 13.1. The summed E-state index contributed by atoms with van der Waals surface area (Å²) in [6.07, 6.45) is 1.76. The molecule has 0 bridgehead atoms. The molecule has 0 radical (unpaired) electrons. The number of halogens is 1. The fraction of sp³-hybridized carbons (Fsp3) is 0.0800. The molecular formula is C25H18ClNO4S2. The summed E-state index contributed by atoms with van der Waals surface area (Å²) in [5, 5.41) is 0.657. The van der Waals surface area contributed by atoms with Gasteiger partial charge in [-0.3, -0.25) is 9.69 Å². The van der Waals surface area contributed by atoms with Crippen molar-refractivity contribution in [2.24, 2.45) is 0 Å². The van der Waals surface area contributed by atoms with E-state index in [0.717, 1.165) is 11.1 Å². The number of nitrogens with zero attached hydrogens (tertiary/aromatic N) is 1. The van der Waals surface area contributed by atoms with Gasteiger partial charge in [-0.25, -0.2) is 4.79 Å². The minimum absolute atomic E-state index is 0.276. The first kappa shape index (κ1) is 23.0. The Morgan fingerprint density at radius 3 is 2.48 bits per heavy atom. The van der Waals surface area contributed by atoms with Gasteiger partial charge in [-0.05, 0) is 42.0 Å². The molecule has 0 atom stereocenters. The Hall–Kier alpha value is -3.13. The first-order chi connectivity index (χ1) is 16.0. The summed E-state index contributed by atoms with van der Waals surface area (Å²) in [7, 11) is 1.30. The van der Waals surface area contributed by atoms with Crippen molar-refractivity contribution >= 4 is 63.5 Å². The van der Waals surface area contributed by atoms with Crippen LogP contribution in [0.3, 0.4) is 0 Å². The van der Waals surface area contributed by atoms with Gasteiger partial charge in [-0.15, -0.1) is 0 Å². The molecule has 1 aliphatic rings. The quantitative estimate of drug-likeness (QED) is 0.233. The van der Waals surface area contributed by atoms with Gasteiger partial charge in [0.1, 0.15) is 12.4 Å². The maximum atomic E-state index is 13.1. The Kier molecular flexibility index (Phi) is 7.13. The standard InChI is InChI=1S/C25H18ClNO4S2/c1-30-24(29)19-7-3-5-9-21(19)27-23(28)22(33-25(27)32)14-16-10-12-18(13-11-16)31-15-17-6-2-4-8-20(17)26/h2-14H,15H2,1H3/b22-14-. The van der Waals surface area contributed by atoms with Gasteiger partial charge in [-0.2, -0.15) is 0 Å². The van der Waals surface area contributed by atoms with Crippen molar-refractivity contribution in [2.45, 2.75) is 6.61 Å². The minimum Gasteiger partial charge on any atom is -0.489 e. The molecule has 3 aromatic rings. The third-order valence-electron chi connectivity index (χ3n) is 4.87. The van der Waals surface area contributed by atoms with Gasteiger partial charge >= 0.3 is 5.97 Å². The van der Waals surface area contributed by atoms with Crippen LogP contribution in [0, 0.1) is 0 Å². The van der Waals surface area contributed by atoms with E-state index in [9.17, 15) is 9.59 Å². The summed E-state index contributed by atoms with van der Waals surface area (Å²) in [4.78, 5) is 27.1. The topological polar surface area (TPSA) is 55.8 Å². The maximum Gasteiger partial charge on any atom is 0.339 e. The number of thioether (sulfide) groups is 1. The minimum atomic E-state index is -0.531. The number of carbonyl (C=O) groups excluding carboxylic acids is 2. The summed E-state index contributed by atoms with van der Waals surface area (Å²) in [6, 6.07) is 21.6. The highest BCUT2D eigenvalue weighted by Crippen LogP contribution is 2.37. The van der Waals surface area contributed by atoms with Crippen LogP contribution in [0.2, 0.25) is 5.02 Å². The SMILES string of the molecule is COC(=O)c1ccccc1N1C(=O)/C(=C/c2ccc(OCc3ccccc3Cl)cc2)SC1=S. The van der Waals surface area contributed by atoms with Crippen molar-refractivity contribution in [1.29, 1.82) is 0 Å². The number of carbonyl (C=O) groups is 2. The average Bonchev–Trinajstić information content (AvgIpc) is 3.11. The molecule has 33 heavy (non-hydrogen) atoms. The number of benzene rings is 3. The monoisotopic (exact) mass is 495 g/mol. The Bertz CT molecular complexity index is 1260. The molecule has 1 heterocycles. The Morgan fingerprint density at radius 2 is 1.76 bits per heavy atom. The van der Waals surface area contributed by atoms with Gasteiger partial charge < -0.3 is 9.47 Å². The van der Waals surface area contributed by atoms with E-state index in [1.165, 1.54) is 23.8 Å². The fourth-order valence-corrected chi connectivity index (χ4v) is 4.69. The number of rotatable bonds is 6. The van der Waals surface area contributed by atoms with Crippen LogP contribution in [0.1, 0.15) is 21.5 Å². The van der Waals surface area contributed by atoms with Crippen LogP contribution in [0.15, 0.2) is 77.7 Å². The summed E-state index contributed by atoms with van der Waals surface area (Å²) < 4.78 is 11.0. The lowest BCUT2D eigenvalue weighted by molar-refractivity contribution is -0.113. The number of anilines is 1. The largest absolute Gasteiger partial charge is 0.489 e. The first-order valence-electron chi connectivity index (χ1n) is 9.89.